The van der Waals surface area contributed by atoms with Gasteiger partial charge in [0.05, 0.1) is 16.8 Å². The zero-order valence-electron chi connectivity index (χ0n) is 10.5. The first kappa shape index (κ1) is 13.1. The third-order valence-electron chi connectivity index (χ3n) is 3.74. The SMILES string of the molecule is CC1CCC(C)N(C(CN)c2occc2Br)C1. The Balaban J connectivity index is 2.20. The number of hydrogen-bond acceptors (Lipinski definition) is 3. The van der Waals surface area contributed by atoms with Gasteiger partial charge >= 0.3 is 0 Å². The second-order valence-electron chi connectivity index (χ2n) is 5.11. The fourth-order valence-corrected chi connectivity index (χ4v) is 3.16. The molecule has 2 heterocycles. The van der Waals surface area contributed by atoms with Crippen molar-refractivity contribution in [3.05, 3.63) is 22.6 Å². The van der Waals surface area contributed by atoms with E-state index in [1.165, 1.54) is 12.8 Å². The van der Waals surface area contributed by atoms with Gasteiger partial charge in [-0.15, -0.1) is 0 Å². The highest BCUT2D eigenvalue weighted by Gasteiger charge is 2.31. The van der Waals surface area contributed by atoms with E-state index in [-0.39, 0.29) is 6.04 Å². The smallest absolute Gasteiger partial charge is 0.136 e. The average molecular weight is 301 g/mol. The number of rotatable bonds is 3. The summed E-state index contributed by atoms with van der Waals surface area (Å²) in [4.78, 5) is 2.48. The molecule has 0 aromatic carbocycles. The molecule has 2 N–H and O–H groups in total. The lowest BCUT2D eigenvalue weighted by molar-refractivity contribution is 0.0691. The predicted octanol–water partition coefficient (Wildman–Crippen LogP) is 3.16. The zero-order chi connectivity index (χ0) is 12.4. The van der Waals surface area contributed by atoms with Gasteiger partial charge in [0.15, 0.2) is 0 Å². The Kier molecular flexibility index (Phi) is 4.28. The maximum atomic E-state index is 5.95. The molecule has 1 aromatic rings. The van der Waals surface area contributed by atoms with Gasteiger partial charge in [0.2, 0.25) is 0 Å². The second kappa shape index (κ2) is 5.55. The topological polar surface area (TPSA) is 42.4 Å². The quantitative estimate of drug-likeness (QED) is 0.932. The number of hydrogen-bond donors (Lipinski definition) is 1. The molecule has 1 aliphatic rings. The van der Waals surface area contributed by atoms with Crippen LogP contribution in [0.25, 0.3) is 0 Å². The minimum absolute atomic E-state index is 0.192. The van der Waals surface area contributed by atoms with Gasteiger partial charge in [-0.25, -0.2) is 0 Å². The van der Waals surface area contributed by atoms with Crippen LogP contribution in [0.1, 0.15) is 38.5 Å². The van der Waals surface area contributed by atoms with Gasteiger partial charge in [0.25, 0.3) is 0 Å². The summed E-state index contributed by atoms with van der Waals surface area (Å²) in [7, 11) is 0. The summed E-state index contributed by atoms with van der Waals surface area (Å²) in [5.74, 6) is 1.71. The second-order valence-corrected chi connectivity index (χ2v) is 5.97. The highest BCUT2D eigenvalue weighted by atomic mass is 79.9. The number of nitrogens with zero attached hydrogens (tertiary/aromatic N) is 1. The Hall–Kier alpha value is -0.320. The third-order valence-corrected chi connectivity index (χ3v) is 4.39. The standard InChI is InChI=1S/C13H21BrN2O/c1-9-3-4-10(2)16(8-9)12(7-15)13-11(14)5-6-17-13/h5-6,9-10,12H,3-4,7-8,15H2,1-2H3. The molecule has 1 fully saturated rings. The number of nitrogens with two attached hydrogens (primary N) is 1. The summed E-state index contributed by atoms with van der Waals surface area (Å²) in [6.07, 6.45) is 4.28. The highest BCUT2D eigenvalue weighted by Crippen LogP contribution is 2.33. The first-order valence-corrected chi connectivity index (χ1v) is 7.11. The average Bonchev–Trinajstić information content (AvgIpc) is 2.71. The number of piperidine rings is 1. The van der Waals surface area contributed by atoms with Crippen LogP contribution in [0.15, 0.2) is 21.2 Å². The fourth-order valence-electron chi connectivity index (χ4n) is 2.69. The van der Waals surface area contributed by atoms with E-state index in [0.717, 1.165) is 22.7 Å². The monoisotopic (exact) mass is 300 g/mol. The van der Waals surface area contributed by atoms with Crippen LogP contribution in [-0.2, 0) is 0 Å². The number of halogens is 1. The molecule has 1 saturated heterocycles. The van der Waals surface area contributed by atoms with E-state index in [0.29, 0.717) is 12.6 Å². The molecule has 96 valence electrons. The molecule has 2 rings (SSSR count). The van der Waals surface area contributed by atoms with Crippen molar-refractivity contribution in [2.75, 3.05) is 13.1 Å². The van der Waals surface area contributed by atoms with Crippen molar-refractivity contribution in [2.45, 2.75) is 38.8 Å². The van der Waals surface area contributed by atoms with E-state index < -0.39 is 0 Å². The van der Waals surface area contributed by atoms with Gasteiger partial charge in [-0.05, 0) is 47.7 Å². The Morgan fingerprint density at radius 3 is 2.88 bits per heavy atom. The summed E-state index contributed by atoms with van der Waals surface area (Å²) in [6.45, 7) is 6.30. The van der Waals surface area contributed by atoms with Crippen LogP contribution in [0.4, 0.5) is 0 Å². The van der Waals surface area contributed by atoms with E-state index >= 15 is 0 Å². The molecular formula is C13H21BrN2O. The molecule has 0 spiro atoms. The maximum Gasteiger partial charge on any atom is 0.136 e. The predicted molar refractivity (Wildman–Crippen MR) is 72.8 cm³/mol. The normalized spacial score (nSPS) is 28.2. The lowest BCUT2D eigenvalue weighted by atomic mass is 9.93. The number of furan rings is 1. The molecule has 3 unspecified atom stereocenters. The van der Waals surface area contributed by atoms with Crippen molar-refractivity contribution in [1.82, 2.24) is 4.90 Å². The van der Waals surface area contributed by atoms with E-state index in [9.17, 15) is 0 Å². The molecule has 1 aliphatic heterocycles. The summed E-state index contributed by atoms with van der Waals surface area (Å²) >= 11 is 3.53. The van der Waals surface area contributed by atoms with Gasteiger partial charge in [0.1, 0.15) is 5.76 Å². The Morgan fingerprint density at radius 2 is 2.29 bits per heavy atom. The molecule has 0 saturated carbocycles. The Labute approximate surface area is 111 Å². The van der Waals surface area contributed by atoms with Crippen molar-refractivity contribution in [2.24, 2.45) is 11.7 Å². The van der Waals surface area contributed by atoms with Gasteiger partial charge in [-0.1, -0.05) is 6.92 Å². The van der Waals surface area contributed by atoms with Crippen LogP contribution in [0.5, 0.6) is 0 Å². The van der Waals surface area contributed by atoms with Gasteiger partial charge in [-0.3, -0.25) is 4.90 Å². The lowest BCUT2D eigenvalue weighted by Crippen LogP contribution is -2.45. The molecule has 3 nitrogen and oxygen atoms in total. The molecule has 0 aliphatic carbocycles. The van der Waals surface area contributed by atoms with Crippen molar-refractivity contribution in [3.8, 4) is 0 Å². The zero-order valence-corrected chi connectivity index (χ0v) is 12.1. The molecule has 17 heavy (non-hydrogen) atoms. The molecule has 3 atom stereocenters. The molecule has 0 radical (unpaired) electrons. The fraction of sp³-hybridized carbons (Fsp3) is 0.692. The summed E-state index contributed by atoms with van der Waals surface area (Å²) in [5.41, 5.74) is 5.95. The molecular weight excluding hydrogens is 280 g/mol. The van der Waals surface area contributed by atoms with E-state index in [2.05, 4.69) is 34.7 Å². The first-order valence-electron chi connectivity index (χ1n) is 6.32. The van der Waals surface area contributed by atoms with Crippen molar-refractivity contribution in [3.63, 3.8) is 0 Å². The van der Waals surface area contributed by atoms with Crippen LogP contribution < -0.4 is 5.73 Å². The maximum absolute atomic E-state index is 5.95. The van der Waals surface area contributed by atoms with Crippen LogP contribution in [0.3, 0.4) is 0 Å². The summed E-state index contributed by atoms with van der Waals surface area (Å²) in [5, 5.41) is 0. The van der Waals surface area contributed by atoms with E-state index in [1.807, 2.05) is 6.07 Å². The van der Waals surface area contributed by atoms with Crippen LogP contribution in [0.2, 0.25) is 0 Å². The van der Waals surface area contributed by atoms with Gasteiger partial charge < -0.3 is 10.2 Å². The molecule has 4 heteroatoms. The van der Waals surface area contributed by atoms with Crippen molar-refractivity contribution in [1.29, 1.82) is 0 Å². The van der Waals surface area contributed by atoms with Crippen LogP contribution >= 0.6 is 15.9 Å². The van der Waals surface area contributed by atoms with Gasteiger partial charge in [-0.2, -0.15) is 0 Å². The molecule has 1 aromatic heterocycles. The van der Waals surface area contributed by atoms with Crippen molar-refractivity contribution < 1.29 is 4.42 Å². The van der Waals surface area contributed by atoms with Gasteiger partial charge in [0, 0.05) is 19.1 Å². The first-order chi connectivity index (χ1) is 8.13. The number of likely N-dealkylation sites (tertiary alicyclic amines) is 1. The minimum atomic E-state index is 0.192. The Morgan fingerprint density at radius 1 is 1.53 bits per heavy atom. The summed E-state index contributed by atoms with van der Waals surface area (Å²) in [6, 6.07) is 2.71. The lowest BCUT2D eigenvalue weighted by Gasteiger charge is -2.41. The van der Waals surface area contributed by atoms with Crippen molar-refractivity contribution >= 4 is 15.9 Å². The Bertz CT molecular complexity index is 366. The largest absolute Gasteiger partial charge is 0.466 e. The minimum Gasteiger partial charge on any atom is -0.466 e. The molecule has 0 bridgehead atoms. The van der Waals surface area contributed by atoms with E-state index in [4.69, 9.17) is 10.2 Å². The van der Waals surface area contributed by atoms with Crippen LogP contribution in [0, 0.1) is 5.92 Å². The van der Waals surface area contributed by atoms with Crippen LogP contribution in [-0.4, -0.2) is 24.0 Å². The molecule has 0 amide bonds. The third kappa shape index (κ3) is 2.75. The van der Waals surface area contributed by atoms with E-state index in [1.54, 1.807) is 6.26 Å². The highest BCUT2D eigenvalue weighted by molar-refractivity contribution is 9.10. The summed E-state index contributed by atoms with van der Waals surface area (Å²) < 4.78 is 6.61.